The monoisotopic (exact) mass is 209 g/mol. The number of esters is 1. The highest BCUT2D eigenvalue weighted by Gasteiger charge is 2.08. The predicted octanol–water partition coefficient (Wildman–Crippen LogP) is 1.81. The molecule has 0 unspecified atom stereocenters. The van der Waals surface area contributed by atoms with Gasteiger partial charge in [0.15, 0.2) is 0 Å². The first-order valence-corrected chi connectivity index (χ1v) is 4.72. The van der Waals surface area contributed by atoms with Crippen LogP contribution in [0.4, 0.5) is 0 Å². The zero-order valence-electron chi connectivity index (χ0n) is 7.80. The van der Waals surface area contributed by atoms with Crippen molar-refractivity contribution in [3.05, 3.63) is 35.7 Å². The minimum atomic E-state index is -0.355. The third-order valence-corrected chi connectivity index (χ3v) is 1.87. The summed E-state index contributed by atoms with van der Waals surface area (Å²) in [4.78, 5) is 15.2. The highest BCUT2D eigenvalue weighted by Crippen LogP contribution is 2.10. The minimum Gasteiger partial charge on any atom is -0.465 e. The van der Waals surface area contributed by atoms with Crippen molar-refractivity contribution in [1.82, 2.24) is 4.98 Å². The lowest BCUT2D eigenvalue weighted by Gasteiger charge is -2.02. The molecule has 0 amide bonds. The highest BCUT2D eigenvalue weighted by atomic mass is 32.1. The number of rotatable bonds is 3. The molecule has 1 aromatic rings. The summed E-state index contributed by atoms with van der Waals surface area (Å²) in [5.41, 5.74) is 1.26. The normalized spacial score (nSPS) is 10.4. The van der Waals surface area contributed by atoms with Gasteiger partial charge in [0, 0.05) is 23.7 Å². The van der Waals surface area contributed by atoms with Gasteiger partial charge in [0.05, 0.1) is 12.7 Å². The molecule has 0 radical (unpaired) electrons. The number of ether oxygens (including phenoxy) is 1. The molecule has 0 atom stereocenters. The molecule has 0 aliphatic carbocycles. The topological polar surface area (TPSA) is 39.2 Å². The fraction of sp³-hybridized carbons (Fsp3) is 0.200. The summed E-state index contributed by atoms with van der Waals surface area (Å²) in [6.45, 7) is 0. The van der Waals surface area contributed by atoms with Gasteiger partial charge in [-0.3, -0.25) is 4.98 Å². The van der Waals surface area contributed by atoms with Gasteiger partial charge in [-0.25, -0.2) is 4.79 Å². The molecule has 3 nitrogen and oxygen atoms in total. The Bertz CT molecular complexity index is 350. The molecule has 0 spiro atoms. The highest BCUT2D eigenvalue weighted by molar-refractivity contribution is 7.80. The van der Waals surface area contributed by atoms with Crippen LogP contribution in [-0.2, 0) is 4.74 Å². The van der Waals surface area contributed by atoms with Crippen LogP contribution in [0.3, 0.4) is 0 Å². The largest absolute Gasteiger partial charge is 0.465 e. The van der Waals surface area contributed by atoms with E-state index in [1.54, 1.807) is 24.5 Å². The lowest BCUT2D eigenvalue weighted by molar-refractivity contribution is 0.0600. The fourth-order valence-electron chi connectivity index (χ4n) is 1.02. The Hall–Kier alpha value is -1.29. The number of pyridine rings is 1. The van der Waals surface area contributed by atoms with Crippen molar-refractivity contribution in [1.29, 1.82) is 0 Å². The van der Waals surface area contributed by atoms with E-state index in [0.717, 1.165) is 5.56 Å². The predicted molar refractivity (Wildman–Crippen MR) is 58.5 cm³/mol. The summed E-state index contributed by atoms with van der Waals surface area (Å²) in [6.07, 6.45) is 6.81. The Kier molecular flexibility index (Phi) is 4.19. The number of carbonyl (C=O) groups excluding carboxylic acids is 1. The van der Waals surface area contributed by atoms with Crippen molar-refractivity contribution in [3.8, 4) is 0 Å². The van der Waals surface area contributed by atoms with E-state index >= 15 is 0 Å². The van der Waals surface area contributed by atoms with Crippen molar-refractivity contribution < 1.29 is 9.53 Å². The summed E-state index contributed by atoms with van der Waals surface area (Å²) in [7, 11) is 1.36. The second kappa shape index (κ2) is 5.44. The van der Waals surface area contributed by atoms with Crippen molar-refractivity contribution in [2.75, 3.05) is 12.9 Å². The summed E-state index contributed by atoms with van der Waals surface area (Å²) >= 11 is 4.04. The quantitative estimate of drug-likeness (QED) is 0.609. The van der Waals surface area contributed by atoms with E-state index in [-0.39, 0.29) is 5.97 Å². The zero-order chi connectivity index (χ0) is 10.4. The van der Waals surface area contributed by atoms with E-state index in [2.05, 4.69) is 22.3 Å². The average Bonchev–Trinajstić information content (AvgIpc) is 2.25. The molecule has 4 heteroatoms. The van der Waals surface area contributed by atoms with Gasteiger partial charge in [0.25, 0.3) is 0 Å². The summed E-state index contributed by atoms with van der Waals surface area (Å²) < 4.78 is 4.64. The van der Waals surface area contributed by atoms with Crippen LogP contribution in [0.2, 0.25) is 0 Å². The summed E-state index contributed by atoms with van der Waals surface area (Å²) in [5.74, 6) is 0.265. The Labute approximate surface area is 88.2 Å². The van der Waals surface area contributed by atoms with Crippen LogP contribution in [0.25, 0.3) is 6.08 Å². The Morgan fingerprint density at radius 1 is 1.71 bits per heavy atom. The van der Waals surface area contributed by atoms with Crippen LogP contribution in [0.15, 0.2) is 24.5 Å². The van der Waals surface area contributed by atoms with E-state index in [4.69, 9.17) is 0 Å². The Morgan fingerprint density at radius 2 is 2.50 bits per heavy atom. The van der Waals surface area contributed by atoms with Crippen molar-refractivity contribution in [2.24, 2.45) is 0 Å². The lowest BCUT2D eigenvalue weighted by Crippen LogP contribution is -2.03. The molecule has 0 saturated carbocycles. The number of nitrogens with zero attached hydrogens (tertiary/aromatic N) is 1. The van der Waals surface area contributed by atoms with Gasteiger partial charge < -0.3 is 4.74 Å². The molecular formula is C10H11NO2S. The SMILES string of the molecule is COC(=O)c1ccncc1C=CCS. The third-order valence-electron chi connectivity index (χ3n) is 1.66. The third kappa shape index (κ3) is 2.60. The first-order valence-electron chi connectivity index (χ1n) is 4.09. The maximum Gasteiger partial charge on any atom is 0.338 e. The summed E-state index contributed by atoms with van der Waals surface area (Å²) in [5, 5.41) is 0. The molecule has 0 N–H and O–H groups in total. The van der Waals surface area contributed by atoms with E-state index in [1.807, 2.05) is 6.08 Å². The number of methoxy groups -OCH3 is 1. The maximum atomic E-state index is 11.3. The standard InChI is InChI=1S/C10H11NO2S/c1-13-10(12)9-4-5-11-7-8(9)3-2-6-14/h2-5,7,14H,6H2,1H3. The van der Waals surface area contributed by atoms with Crippen LogP contribution >= 0.6 is 12.6 Å². The smallest absolute Gasteiger partial charge is 0.338 e. The molecule has 1 rings (SSSR count). The van der Waals surface area contributed by atoms with Crippen molar-refractivity contribution >= 4 is 24.7 Å². The van der Waals surface area contributed by atoms with Gasteiger partial charge >= 0.3 is 5.97 Å². The molecule has 1 aromatic heterocycles. The number of carbonyl (C=O) groups is 1. The second-order valence-corrected chi connectivity index (χ2v) is 2.90. The molecule has 1 heterocycles. The molecule has 0 saturated heterocycles. The molecule has 14 heavy (non-hydrogen) atoms. The number of aromatic nitrogens is 1. The number of hydrogen-bond donors (Lipinski definition) is 1. The first-order chi connectivity index (χ1) is 6.79. The van der Waals surface area contributed by atoms with E-state index in [1.165, 1.54) is 7.11 Å². The summed E-state index contributed by atoms with van der Waals surface area (Å²) in [6, 6.07) is 1.63. The van der Waals surface area contributed by atoms with Crippen LogP contribution in [0.5, 0.6) is 0 Å². The van der Waals surface area contributed by atoms with Crippen LogP contribution in [0.1, 0.15) is 15.9 Å². The molecule has 0 bridgehead atoms. The van der Waals surface area contributed by atoms with Crippen molar-refractivity contribution in [3.63, 3.8) is 0 Å². The van der Waals surface area contributed by atoms with Gasteiger partial charge in [-0.1, -0.05) is 12.2 Å². The van der Waals surface area contributed by atoms with Crippen LogP contribution in [-0.4, -0.2) is 23.8 Å². The van der Waals surface area contributed by atoms with E-state index in [0.29, 0.717) is 11.3 Å². The Morgan fingerprint density at radius 3 is 3.14 bits per heavy atom. The Balaban J connectivity index is 3.03. The minimum absolute atomic E-state index is 0.355. The number of hydrogen-bond acceptors (Lipinski definition) is 4. The van der Waals surface area contributed by atoms with E-state index in [9.17, 15) is 4.79 Å². The van der Waals surface area contributed by atoms with Gasteiger partial charge in [-0.2, -0.15) is 12.6 Å². The van der Waals surface area contributed by atoms with Gasteiger partial charge in [-0.15, -0.1) is 0 Å². The van der Waals surface area contributed by atoms with Gasteiger partial charge in [0.2, 0.25) is 0 Å². The molecule has 0 aliphatic heterocycles. The van der Waals surface area contributed by atoms with Crippen molar-refractivity contribution in [2.45, 2.75) is 0 Å². The van der Waals surface area contributed by atoms with Gasteiger partial charge in [0.1, 0.15) is 0 Å². The molecule has 0 aliphatic rings. The average molecular weight is 209 g/mol. The molecular weight excluding hydrogens is 198 g/mol. The lowest BCUT2D eigenvalue weighted by atomic mass is 10.1. The first kappa shape index (κ1) is 10.8. The van der Waals surface area contributed by atoms with Crippen LogP contribution < -0.4 is 0 Å². The second-order valence-electron chi connectivity index (χ2n) is 2.54. The molecule has 74 valence electrons. The zero-order valence-corrected chi connectivity index (χ0v) is 8.70. The van der Waals surface area contributed by atoms with Crippen LogP contribution in [0, 0.1) is 0 Å². The molecule has 0 fully saturated rings. The fourth-order valence-corrected chi connectivity index (χ4v) is 1.12. The maximum absolute atomic E-state index is 11.3. The molecule has 0 aromatic carbocycles. The number of thiol groups is 1. The van der Waals surface area contributed by atoms with E-state index < -0.39 is 0 Å². The van der Waals surface area contributed by atoms with Gasteiger partial charge in [-0.05, 0) is 6.07 Å².